The van der Waals surface area contributed by atoms with Crippen molar-refractivity contribution in [1.82, 2.24) is 4.98 Å². The predicted octanol–water partition coefficient (Wildman–Crippen LogP) is 6.81. The van der Waals surface area contributed by atoms with Gasteiger partial charge in [-0.05, 0) is 63.9 Å². The largest absolute Gasteiger partial charge is 0.494 e. The Morgan fingerprint density at radius 2 is 1.63 bits per heavy atom. The average Bonchev–Trinajstić information content (AvgIpc) is 2.90. The van der Waals surface area contributed by atoms with E-state index >= 15 is 0 Å². The third-order valence-corrected chi connectivity index (χ3v) is 6.18. The minimum Gasteiger partial charge on any atom is -0.494 e. The molecule has 0 fully saturated rings. The standard InChI is InChI=1S/C31H31FN2O4/c1-31(2,3)18-28(35)34(29-25-12-10-24(30(36)38-5)16-23(25)14-15-33-29)19-20-6-8-21(9-7-20)22-11-13-26(32)27(17-22)37-4/h6-17H,18-19H2,1-5H3. The van der Waals surface area contributed by atoms with Crippen molar-refractivity contribution >= 4 is 28.5 Å². The van der Waals surface area contributed by atoms with Crippen molar-refractivity contribution in [2.45, 2.75) is 33.7 Å². The van der Waals surface area contributed by atoms with Crippen molar-refractivity contribution in [2.75, 3.05) is 19.1 Å². The molecule has 3 aromatic carbocycles. The number of hydrogen-bond donors (Lipinski definition) is 0. The van der Waals surface area contributed by atoms with Gasteiger partial charge in [-0.3, -0.25) is 9.69 Å². The summed E-state index contributed by atoms with van der Waals surface area (Å²) in [7, 11) is 2.78. The zero-order valence-electron chi connectivity index (χ0n) is 22.2. The number of carbonyl (C=O) groups is 2. The summed E-state index contributed by atoms with van der Waals surface area (Å²) in [6, 6.07) is 19.5. The van der Waals surface area contributed by atoms with Crippen LogP contribution in [0.15, 0.2) is 72.9 Å². The van der Waals surface area contributed by atoms with Crippen LogP contribution in [0.1, 0.15) is 43.1 Å². The Hall–Kier alpha value is -4.26. The van der Waals surface area contributed by atoms with Gasteiger partial charge in [0.1, 0.15) is 5.82 Å². The van der Waals surface area contributed by atoms with E-state index in [0.29, 0.717) is 24.3 Å². The number of halogens is 1. The third-order valence-electron chi connectivity index (χ3n) is 6.18. The predicted molar refractivity (Wildman–Crippen MR) is 147 cm³/mol. The molecule has 1 aromatic heterocycles. The van der Waals surface area contributed by atoms with Crippen LogP contribution in [0.4, 0.5) is 10.2 Å². The monoisotopic (exact) mass is 514 g/mol. The number of rotatable bonds is 7. The number of aromatic nitrogens is 1. The second-order valence-electron chi connectivity index (χ2n) is 10.3. The molecule has 38 heavy (non-hydrogen) atoms. The molecule has 0 radical (unpaired) electrons. The summed E-state index contributed by atoms with van der Waals surface area (Å²) in [5, 5.41) is 1.55. The fraction of sp³-hybridized carbons (Fsp3) is 0.258. The maximum atomic E-state index is 13.8. The lowest BCUT2D eigenvalue weighted by Gasteiger charge is -2.27. The molecule has 0 atom stereocenters. The highest BCUT2D eigenvalue weighted by molar-refractivity contribution is 6.04. The number of anilines is 1. The molecule has 0 unspecified atom stereocenters. The van der Waals surface area contributed by atoms with Gasteiger partial charge in [-0.15, -0.1) is 0 Å². The number of amides is 1. The van der Waals surface area contributed by atoms with Crippen LogP contribution >= 0.6 is 0 Å². The molecule has 7 heteroatoms. The number of benzene rings is 3. The molecule has 0 saturated carbocycles. The van der Waals surface area contributed by atoms with Crippen molar-refractivity contribution < 1.29 is 23.5 Å². The highest BCUT2D eigenvalue weighted by atomic mass is 19.1. The van der Waals surface area contributed by atoms with E-state index in [1.54, 1.807) is 41.4 Å². The van der Waals surface area contributed by atoms with Crippen molar-refractivity contribution in [3.05, 3.63) is 89.9 Å². The maximum Gasteiger partial charge on any atom is 0.337 e. The second-order valence-corrected chi connectivity index (χ2v) is 10.3. The minimum absolute atomic E-state index is 0.0538. The summed E-state index contributed by atoms with van der Waals surface area (Å²) >= 11 is 0. The van der Waals surface area contributed by atoms with E-state index in [1.165, 1.54) is 20.3 Å². The van der Waals surface area contributed by atoms with E-state index in [4.69, 9.17) is 9.47 Å². The van der Waals surface area contributed by atoms with Gasteiger partial charge in [0.05, 0.1) is 26.3 Å². The van der Waals surface area contributed by atoms with E-state index in [-0.39, 0.29) is 17.1 Å². The van der Waals surface area contributed by atoms with Crippen molar-refractivity contribution in [3.8, 4) is 16.9 Å². The Morgan fingerprint density at radius 3 is 2.29 bits per heavy atom. The number of fused-ring (bicyclic) bond motifs is 1. The van der Waals surface area contributed by atoms with Crippen LogP contribution in [-0.2, 0) is 16.1 Å². The van der Waals surface area contributed by atoms with Gasteiger partial charge in [0.2, 0.25) is 5.91 Å². The van der Waals surface area contributed by atoms with Crippen molar-refractivity contribution in [1.29, 1.82) is 0 Å². The van der Waals surface area contributed by atoms with E-state index < -0.39 is 11.8 Å². The molecule has 6 nitrogen and oxygen atoms in total. The Morgan fingerprint density at radius 1 is 0.921 bits per heavy atom. The molecule has 196 valence electrons. The normalized spacial score (nSPS) is 11.3. The Balaban J connectivity index is 1.70. The molecule has 4 rings (SSSR count). The first-order valence-corrected chi connectivity index (χ1v) is 12.3. The first-order valence-electron chi connectivity index (χ1n) is 12.3. The van der Waals surface area contributed by atoms with Gasteiger partial charge >= 0.3 is 5.97 Å². The van der Waals surface area contributed by atoms with Crippen LogP contribution in [0, 0.1) is 11.2 Å². The summed E-state index contributed by atoms with van der Waals surface area (Å²) in [5.41, 5.74) is 2.85. The van der Waals surface area contributed by atoms with Crippen LogP contribution in [-0.4, -0.2) is 31.1 Å². The molecule has 0 bridgehead atoms. The third kappa shape index (κ3) is 5.99. The van der Waals surface area contributed by atoms with Gasteiger partial charge in [0.25, 0.3) is 0 Å². The Labute approximate surface area is 222 Å². The molecule has 0 aliphatic rings. The van der Waals surface area contributed by atoms with E-state index in [2.05, 4.69) is 4.98 Å². The summed E-state index contributed by atoms with van der Waals surface area (Å²) in [4.78, 5) is 31.9. The molecule has 1 amide bonds. The van der Waals surface area contributed by atoms with Crippen LogP contribution in [0.5, 0.6) is 5.75 Å². The van der Waals surface area contributed by atoms with Crippen LogP contribution in [0.3, 0.4) is 0 Å². The van der Waals surface area contributed by atoms with Gasteiger partial charge in [0, 0.05) is 18.0 Å². The van der Waals surface area contributed by atoms with E-state index in [0.717, 1.165) is 27.5 Å². The molecular weight excluding hydrogens is 483 g/mol. The molecule has 0 aliphatic carbocycles. The summed E-state index contributed by atoms with van der Waals surface area (Å²) < 4.78 is 23.8. The highest BCUT2D eigenvalue weighted by Gasteiger charge is 2.25. The lowest BCUT2D eigenvalue weighted by Crippen LogP contribution is -2.34. The Bertz CT molecular complexity index is 1480. The quantitative estimate of drug-likeness (QED) is 0.254. The first-order chi connectivity index (χ1) is 18.1. The first kappa shape index (κ1) is 26.8. The van der Waals surface area contributed by atoms with Gasteiger partial charge in [-0.25, -0.2) is 14.2 Å². The molecule has 0 saturated heterocycles. The van der Waals surface area contributed by atoms with Gasteiger partial charge < -0.3 is 9.47 Å². The molecule has 0 N–H and O–H groups in total. The fourth-order valence-corrected chi connectivity index (χ4v) is 4.28. The number of esters is 1. The van der Waals surface area contributed by atoms with E-state index in [9.17, 15) is 14.0 Å². The van der Waals surface area contributed by atoms with E-state index in [1.807, 2.05) is 51.1 Å². The number of methoxy groups -OCH3 is 2. The van der Waals surface area contributed by atoms with Gasteiger partial charge in [0.15, 0.2) is 11.6 Å². The van der Waals surface area contributed by atoms with Crippen LogP contribution in [0.25, 0.3) is 21.9 Å². The topological polar surface area (TPSA) is 68.7 Å². The minimum atomic E-state index is -0.426. The van der Waals surface area contributed by atoms with Gasteiger partial charge in [-0.1, -0.05) is 51.1 Å². The number of pyridine rings is 1. The maximum absolute atomic E-state index is 13.8. The molecule has 1 heterocycles. The summed E-state index contributed by atoms with van der Waals surface area (Å²) in [6.45, 7) is 6.38. The van der Waals surface area contributed by atoms with Crippen molar-refractivity contribution in [2.24, 2.45) is 5.41 Å². The number of nitrogens with zero attached hydrogens (tertiary/aromatic N) is 2. The van der Waals surface area contributed by atoms with Gasteiger partial charge in [-0.2, -0.15) is 0 Å². The van der Waals surface area contributed by atoms with Crippen molar-refractivity contribution in [3.63, 3.8) is 0 Å². The summed E-state index contributed by atoms with van der Waals surface area (Å²) in [6.07, 6.45) is 1.97. The number of hydrogen-bond acceptors (Lipinski definition) is 5. The zero-order valence-corrected chi connectivity index (χ0v) is 22.2. The second kappa shape index (κ2) is 11.0. The summed E-state index contributed by atoms with van der Waals surface area (Å²) in [5.74, 6) is -0.183. The lowest BCUT2D eigenvalue weighted by atomic mass is 9.91. The average molecular weight is 515 g/mol. The number of ether oxygens (including phenoxy) is 2. The number of carbonyl (C=O) groups excluding carboxylic acids is 2. The Kier molecular flexibility index (Phi) is 7.76. The highest BCUT2D eigenvalue weighted by Crippen LogP contribution is 2.31. The smallest absolute Gasteiger partial charge is 0.337 e. The molecule has 0 spiro atoms. The van der Waals surface area contributed by atoms with Crippen LogP contribution < -0.4 is 9.64 Å². The fourth-order valence-electron chi connectivity index (χ4n) is 4.28. The SMILES string of the molecule is COC(=O)c1ccc2c(N(Cc3ccc(-c4ccc(F)c(OC)c4)cc3)C(=O)CC(C)(C)C)nccc2c1. The molecule has 0 aliphatic heterocycles. The lowest BCUT2D eigenvalue weighted by molar-refractivity contribution is -0.120. The molecular formula is C31H31FN2O4. The zero-order chi connectivity index (χ0) is 27.4. The molecule has 4 aromatic rings. The van der Waals surface area contributed by atoms with Crippen LogP contribution in [0.2, 0.25) is 0 Å².